The Morgan fingerprint density at radius 3 is 2.76 bits per heavy atom. The van der Waals surface area contributed by atoms with Crippen LogP contribution in [-0.2, 0) is 6.54 Å². The standard InChI is InChI=1S/C14H23NO2/c1-4-14(2,8-9-16)15-11-12-6-5-7-13(10-12)17-3/h5-7,10,15-16H,4,8-9,11H2,1-3H3. The molecule has 1 rings (SSSR count). The van der Waals surface area contributed by atoms with Gasteiger partial charge in [-0.1, -0.05) is 19.1 Å². The van der Waals surface area contributed by atoms with Gasteiger partial charge < -0.3 is 15.2 Å². The summed E-state index contributed by atoms with van der Waals surface area (Å²) in [5, 5.41) is 12.6. The van der Waals surface area contributed by atoms with Crippen molar-refractivity contribution in [2.24, 2.45) is 0 Å². The number of hydrogen-bond acceptors (Lipinski definition) is 3. The molecule has 0 aliphatic heterocycles. The lowest BCUT2D eigenvalue weighted by molar-refractivity contribution is 0.214. The molecule has 0 aliphatic rings. The lowest BCUT2D eigenvalue weighted by Gasteiger charge is -2.29. The summed E-state index contributed by atoms with van der Waals surface area (Å²) in [6.45, 7) is 5.29. The Hall–Kier alpha value is -1.06. The second-order valence-electron chi connectivity index (χ2n) is 4.59. The Morgan fingerprint density at radius 1 is 1.41 bits per heavy atom. The van der Waals surface area contributed by atoms with Crippen LogP contribution in [0.4, 0.5) is 0 Å². The topological polar surface area (TPSA) is 41.5 Å². The van der Waals surface area contributed by atoms with Crippen molar-refractivity contribution < 1.29 is 9.84 Å². The van der Waals surface area contributed by atoms with Crippen molar-refractivity contribution in [2.45, 2.75) is 38.8 Å². The summed E-state index contributed by atoms with van der Waals surface area (Å²) in [6.07, 6.45) is 1.77. The molecule has 1 unspecified atom stereocenters. The van der Waals surface area contributed by atoms with Gasteiger partial charge in [-0.2, -0.15) is 0 Å². The second-order valence-corrected chi connectivity index (χ2v) is 4.59. The summed E-state index contributed by atoms with van der Waals surface area (Å²) in [7, 11) is 1.68. The van der Waals surface area contributed by atoms with Crippen LogP contribution in [0.15, 0.2) is 24.3 Å². The van der Waals surface area contributed by atoms with E-state index in [0.717, 1.165) is 25.1 Å². The number of hydrogen-bond donors (Lipinski definition) is 2. The largest absolute Gasteiger partial charge is 0.497 e. The van der Waals surface area contributed by atoms with Crippen LogP contribution in [-0.4, -0.2) is 24.4 Å². The smallest absolute Gasteiger partial charge is 0.119 e. The number of benzene rings is 1. The van der Waals surface area contributed by atoms with Gasteiger partial charge in [-0.15, -0.1) is 0 Å². The van der Waals surface area contributed by atoms with Crippen molar-refractivity contribution in [3.63, 3.8) is 0 Å². The first-order valence-corrected chi connectivity index (χ1v) is 6.12. The van der Waals surface area contributed by atoms with E-state index in [1.165, 1.54) is 5.56 Å². The van der Waals surface area contributed by atoms with Gasteiger partial charge in [0.25, 0.3) is 0 Å². The molecule has 0 saturated heterocycles. The molecule has 0 aromatic heterocycles. The normalized spacial score (nSPS) is 14.4. The maximum atomic E-state index is 9.05. The van der Waals surface area contributed by atoms with Gasteiger partial charge in [0, 0.05) is 18.7 Å². The van der Waals surface area contributed by atoms with Crippen LogP contribution in [0, 0.1) is 0 Å². The van der Waals surface area contributed by atoms with E-state index in [1.54, 1.807) is 7.11 Å². The number of aliphatic hydroxyl groups is 1. The van der Waals surface area contributed by atoms with Crippen molar-refractivity contribution in [3.8, 4) is 5.75 Å². The van der Waals surface area contributed by atoms with E-state index in [4.69, 9.17) is 9.84 Å². The quantitative estimate of drug-likeness (QED) is 0.765. The van der Waals surface area contributed by atoms with Crippen LogP contribution in [0.2, 0.25) is 0 Å². The molecule has 1 aromatic rings. The lowest BCUT2D eigenvalue weighted by Crippen LogP contribution is -2.42. The minimum absolute atomic E-state index is 0.00216. The molecular formula is C14H23NO2. The molecule has 1 atom stereocenters. The Labute approximate surface area is 104 Å². The van der Waals surface area contributed by atoms with E-state index < -0.39 is 0 Å². The number of rotatable bonds is 7. The van der Waals surface area contributed by atoms with Crippen LogP contribution in [0.3, 0.4) is 0 Å². The molecule has 0 spiro atoms. The minimum atomic E-state index is -0.00216. The molecule has 0 radical (unpaired) electrons. The maximum Gasteiger partial charge on any atom is 0.119 e. The number of nitrogens with one attached hydrogen (secondary N) is 1. The first-order valence-electron chi connectivity index (χ1n) is 6.12. The zero-order valence-corrected chi connectivity index (χ0v) is 11.0. The number of methoxy groups -OCH3 is 1. The Kier molecular flexibility index (Phi) is 5.45. The van der Waals surface area contributed by atoms with Gasteiger partial charge in [0.2, 0.25) is 0 Å². The van der Waals surface area contributed by atoms with Gasteiger partial charge in [-0.3, -0.25) is 0 Å². The predicted molar refractivity (Wildman–Crippen MR) is 70.2 cm³/mol. The molecular weight excluding hydrogens is 214 g/mol. The van der Waals surface area contributed by atoms with Crippen molar-refractivity contribution in [1.29, 1.82) is 0 Å². The summed E-state index contributed by atoms with van der Waals surface area (Å²) in [6, 6.07) is 8.04. The maximum absolute atomic E-state index is 9.05. The highest BCUT2D eigenvalue weighted by Gasteiger charge is 2.20. The molecule has 0 aliphatic carbocycles. The molecule has 0 saturated carbocycles. The Morgan fingerprint density at radius 2 is 2.18 bits per heavy atom. The van der Waals surface area contributed by atoms with Crippen LogP contribution in [0.25, 0.3) is 0 Å². The summed E-state index contributed by atoms with van der Waals surface area (Å²) in [5.74, 6) is 0.879. The minimum Gasteiger partial charge on any atom is -0.497 e. The average Bonchev–Trinajstić information content (AvgIpc) is 2.37. The highest BCUT2D eigenvalue weighted by Crippen LogP contribution is 2.17. The first-order chi connectivity index (χ1) is 8.13. The third-order valence-corrected chi connectivity index (χ3v) is 3.30. The molecule has 3 nitrogen and oxygen atoms in total. The van der Waals surface area contributed by atoms with Crippen molar-refractivity contribution in [3.05, 3.63) is 29.8 Å². The van der Waals surface area contributed by atoms with Crippen molar-refractivity contribution in [2.75, 3.05) is 13.7 Å². The third-order valence-electron chi connectivity index (χ3n) is 3.30. The third kappa shape index (κ3) is 4.36. The van der Waals surface area contributed by atoms with Gasteiger partial charge in [-0.25, -0.2) is 0 Å². The molecule has 0 bridgehead atoms. The highest BCUT2D eigenvalue weighted by atomic mass is 16.5. The first kappa shape index (κ1) is 14.0. The van der Waals surface area contributed by atoms with Crippen LogP contribution in [0.5, 0.6) is 5.75 Å². The zero-order chi connectivity index (χ0) is 12.7. The van der Waals surface area contributed by atoms with E-state index in [0.29, 0.717) is 0 Å². The lowest BCUT2D eigenvalue weighted by atomic mass is 9.94. The van der Waals surface area contributed by atoms with E-state index in [9.17, 15) is 0 Å². The summed E-state index contributed by atoms with van der Waals surface area (Å²) < 4.78 is 5.19. The van der Waals surface area contributed by atoms with Gasteiger partial charge >= 0.3 is 0 Å². The van der Waals surface area contributed by atoms with Gasteiger partial charge in [-0.05, 0) is 37.5 Å². The molecule has 2 N–H and O–H groups in total. The van der Waals surface area contributed by atoms with E-state index in [-0.39, 0.29) is 12.1 Å². The summed E-state index contributed by atoms with van der Waals surface area (Å²) in [4.78, 5) is 0. The van der Waals surface area contributed by atoms with Gasteiger partial charge in [0.1, 0.15) is 5.75 Å². The molecule has 0 heterocycles. The zero-order valence-electron chi connectivity index (χ0n) is 11.0. The Bertz CT molecular complexity index is 341. The van der Waals surface area contributed by atoms with E-state index in [2.05, 4.69) is 25.2 Å². The summed E-state index contributed by atoms with van der Waals surface area (Å²) in [5.41, 5.74) is 1.19. The van der Waals surface area contributed by atoms with Crippen molar-refractivity contribution >= 4 is 0 Å². The molecule has 0 fully saturated rings. The predicted octanol–water partition coefficient (Wildman–Crippen LogP) is 2.34. The van der Waals surface area contributed by atoms with Crippen LogP contribution < -0.4 is 10.1 Å². The number of aliphatic hydroxyl groups excluding tert-OH is 1. The fourth-order valence-corrected chi connectivity index (χ4v) is 1.73. The van der Waals surface area contributed by atoms with Crippen LogP contribution >= 0.6 is 0 Å². The average molecular weight is 237 g/mol. The molecule has 96 valence electrons. The molecule has 0 amide bonds. The van der Waals surface area contributed by atoms with E-state index >= 15 is 0 Å². The fraction of sp³-hybridized carbons (Fsp3) is 0.571. The SMILES string of the molecule is CCC(C)(CCO)NCc1cccc(OC)c1. The summed E-state index contributed by atoms with van der Waals surface area (Å²) >= 11 is 0. The van der Waals surface area contributed by atoms with Crippen LogP contribution in [0.1, 0.15) is 32.3 Å². The van der Waals surface area contributed by atoms with Gasteiger partial charge in [0.15, 0.2) is 0 Å². The fourth-order valence-electron chi connectivity index (χ4n) is 1.73. The molecule has 1 aromatic carbocycles. The molecule has 3 heteroatoms. The number of ether oxygens (including phenoxy) is 1. The second kappa shape index (κ2) is 6.62. The molecule has 17 heavy (non-hydrogen) atoms. The highest BCUT2D eigenvalue weighted by molar-refractivity contribution is 5.28. The monoisotopic (exact) mass is 237 g/mol. The van der Waals surface area contributed by atoms with Crippen molar-refractivity contribution in [1.82, 2.24) is 5.32 Å². The van der Waals surface area contributed by atoms with Gasteiger partial charge in [0.05, 0.1) is 7.11 Å². The van der Waals surface area contributed by atoms with E-state index in [1.807, 2.05) is 18.2 Å². The Balaban J connectivity index is 2.59.